The molecule has 0 atom stereocenters. The third kappa shape index (κ3) is 6.35. The Hall–Kier alpha value is -4.01. The van der Waals surface area contributed by atoms with Crippen molar-refractivity contribution in [3.63, 3.8) is 0 Å². The summed E-state index contributed by atoms with van der Waals surface area (Å²) < 4.78 is 51.5. The average Bonchev–Trinajstić information content (AvgIpc) is 3.47. The van der Waals surface area contributed by atoms with E-state index < -0.39 is 17.6 Å². The number of rotatable bonds is 7. The molecule has 0 unspecified atom stereocenters. The van der Waals surface area contributed by atoms with E-state index in [0.29, 0.717) is 22.8 Å². The van der Waals surface area contributed by atoms with Gasteiger partial charge in [-0.25, -0.2) is 0 Å². The number of nitrogens with one attached hydrogen (secondary N) is 1. The van der Waals surface area contributed by atoms with Crippen molar-refractivity contribution in [2.24, 2.45) is 0 Å². The Labute approximate surface area is 206 Å². The largest absolute Gasteiger partial charge is 0.486 e. The van der Waals surface area contributed by atoms with E-state index in [1.807, 2.05) is 24.3 Å². The standard InChI is InChI=1S/C27H26F3N3O3/c1-26(2,3)19-7-9-22(10-8-19)35-17-23-11-12-24(36-23)25(34)32-21-14-31-33(16-21)15-18-5-4-6-20(13-18)27(28,29)30/h4-14,16H,15,17H2,1-3H3,(H,32,34). The van der Waals surface area contributed by atoms with Crippen molar-refractivity contribution < 1.29 is 27.1 Å². The maximum atomic E-state index is 12.9. The number of hydrogen-bond donors (Lipinski definition) is 1. The summed E-state index contributed by atoms with van der Waals surface area (Å²) in [5.41, 5.74) is 1.36. The first-order valence-corrected chi connectivity index (χ1v) is 11.3. The van der Waals surface area contributed by atoms with Gasteiger partial charge in [0, 0.05) is 6.20 Å². The van der Waals surface area contributed by atoms with Crippen LogP contribution in [0.4, 0.5) is 18.9 Å². The lowest BCUT2D eigenvalue weighted by Crippen LogP contribution is -2.10. The number of benzene rings is 2. The van der Waals surface area contributed by atoms with Crippen molar-refractivity contribution in [2.75, 3.05) is 5.32 Å². The molecule has 0 bridgehead atoms. The summed E-state index contributed by atoms with van der Waals surface area (Å²) in [5, 5.41) is 6.78. The molecule has 188 valence electrons. The zero-order valence-corrected chi connectivity index (χ0v) is 20.1. The molecule has 0 aliphatic carbocycles. The van der Waals surface area contributed by atoms with E-state index >= 15 is 0 Å². The van der Waals surface area contributed by atoms with Crippen LogP contribution in [0, 0.1) is 0 Å². The summed E-state index contributed by atoms with van der Waals surface area (Å²) in [7, 11) is 0. The van der Waals surface area contributed by atoms with Gasteiger partial charge in [0.05, 0.1) is 24.0 Å². The Bertz CT molecular complexity index is 1330. The van der Waals surface area contributed by atoms with Gasteiger partial charge in [0.2, 0.25) is 0 Å². The van der Waals surface area contributed by atoms with Crippen LogP contribution in [-0.4, -0.2) is 15.7 Å². The number of anilines is 1. The number of nitrogens with zero attached hydrogens (tertiary/aromatic N) is 2. The predicted octanol–water partition coefficient (Wildman–Crippen LogP) is 6.67. The number of carbonyl (C=O) groups excluding carboxylic acids is 1. The van der Waals surface area contributed by atoms with Crippen molar-refractivity contribution in [3.05, 3.63) is 101 Å². The second kappa shape index (κ2) is 9.93. The van der Waals surface area contributed by atoms with Crippen LogP contribution in [0.25, 0.3) is 0 Å². The summed E-state index contributed by atoms with van der Waals surface area (Å²) in [6.45, 7) is 6.70. The van der Waals surface area contributed by atoms with Crippen LogP contribution in [0.3, 0.4) is 0 Å². The van der Waals surface area contributed by atoms with E-state index in [9.17, 15) is 18.0 Å². The molecule has 36 heavy (non-hydrogen) atoms. The fraction of sp³-hybridized carbons (Fsp3) is 0.259. The predicted molar refractivity (Wildman–Crippen MR) is 129 cm³/mol. The van der Waals surface area contributed by atoms with E-state index in [1.54, 1.807) is 18.2 Å². The molecule has 0 spiro atoms. The molecule has 6 nitrogen and oxygen atoms in total. The molecule has 4 rings (SSSR count). The molecule has 2 aromatic heterocycles. The van der Waals surface area contributed by atoms with Crippen molar-refractivity contribution in [1.29, 1.82) is 0 Å². The third-order valence-electron chi connectivity index (χ3n) is 5.48. The minimum Gasteiger partial charge on any atom is -0.486 e. The van der Waals surface area contributed by atoms with Gasteiger partial charge in [0.25, 0.3) is 5.91 Å². The lowest BCUT2D eigenvalue weighted by Gasteiger charge is -2.19. The zero-order valence-electron chi connectivity index (χ0n) is 20.1. The van der Waals surface area contributed by atoms with Gasteiger partial charge in [0.15, 0.2) is 5.76 Å². The monoisotopic (exact) mass is 497 g/mol. The zero-order chi connectivity index (χ0) is 25.9. The molecule has 0 saturated carbocycles. The topological polar surface area (TPSA) is 69.3 Å². The van der Waals surface area contributed by atoms with Crippen LogP contribution in [0.15, 0.2) is 77.5 Å². The fourth-order valence-electron chi connectivity index (χ4n) is 3.52. The highest BCUT2D eigenvalue weighted by Crippen LogP contribution is 2.30. The molecule has 0 fully saturated rings. The number of carbonyl (C=O) groups is 1. The first kappa shape index (κ1) is 25.1. The molecule has 2 aromatic carbocycles. The van der Waals surface area contributed by atoms with Crippen molar-refractivity contribution in [3.8, 4) is 5.75 Å². The smallest absolute Gasteiger partial charge is 0.416 e. The lowest BCUT2D eigenvalue weighted by molar-refractivity contribution is -0.137. The van der Waals surface area contributed by atoms with E-state index in [-0.39, 0.29) is 24.3 Å². The maximum Gasteiger partial charge on any atom is 0.416 e. The molecular weight excluding hydrogens is 471 g/mol. The first-order valence-electron chi connectivity index (χ1n) is 11.3. The summed E-state index contributed by atoms with van der Waals surface area (Å²) in [5.74, 6) is 0.801. The van der Waals surface area contributed by atoms with Crippen LogP contribution in [0.5, 0.6) is 5.75 Å². The van der Waals surface area contributed by atoms with E-state index in [4.69, 9.17) is 9.15 Å². The van der Waals surface area contributed by atoms with E-state index in [2.05, 4.69) is 31.2 Å². The van der Waals surface area contributed by atoms with Crippen LogP contribution in [0.2, 0.25) is 0 Å². The Morgan fingerprint density at radius 2 is 1.78 bits per heavy atom. The molecule has 0 radical (unpaired) electrons. The first-order chi connectivity index (χ1) is 17.0. The molecule has 1 N–H and O–H groups in total. The van der Waals surface area contributed by atoms with Gasteiger partial charge < -0.3 is 14.5 Å². The van der Waals surface area contributed by atoms with Gasteiger partial charge in [-0.15, -0.1) is 0 Å². The Morgan fingerprint density at radius 3 is 2.47 bits per heavy atom. The highest BCUT2D eigenvalue weighted by Gasteiger charge is 2.30. The van der Waals surface area contributed by atoms with Crippen molar-refractivity contribution >= 4 is 11.6 Å². The lowest BCUT2D eigenvalue weighted by atomic mass is 9.87. The summed E-state index contributed by atoms with van der Waals surface area (Å²) in [4.78, 5) is 12.5. The van der Waals surface area contributed by atoms with Gasteiger partial charge >= 0.3 is 6.18 Å². The highest BCUT2D eigenvalue weighted by molar-refractivity contribution is 6.02. The van der Waals surface area contributed by atoms with Crippen molar-refractivity contribution in [2.45, 2.75) is 45.5 Å². The minimum atomic E-state index is -4.41. The van der Waals surface area contributed by atoms with Crippen molar-refractivity contribution in [1.82, 2.24) is 9.78 Å². The number of aromatic nitrogens is 2. The maximum absolute atomic E-state index is 12.9. The number of hydrogen-bond acceptors (Lipinski definition) is 4. The SMILES string of the molecule is CC(C)(C)c1ccc(OCc2ccc(C(=O)Nc3cnn(Cc4cccc(C(F)(F)F)c4)c3)o2)cc1. The van der Waals surface area contributed by atoms with Crippen LogP contribution >= 0.6 is 0 Å². The Balaban J connectivity index is 1.32. The number of halogens is 3. The van der Waals surface area contributed by atoms with Gasteiger partial charge in [-0.3, -0.25) is 9.48 Å². The number of ether oxygens (including phenoxy) is 1. The van der Waals surface area contributed by atoms with Crippen LogP contribution in [-0.2, 0) is 24.7 Å². The van der Waals surface area contributed by atoms with E-state index in [0.717, 1.165) is 12.1 Å². The number of amides is 1. The molecule has 1 amide bonds. The van der Waals surface area contributed by atoms with E-state index in [1.165, 1.54) is 28.7 Å². The second-order valence-corrected chi connectivity index (χ2v) is 9.41. The molecule has 0 aliphatic rings. The third-order valence-corrected chi connectivity index (χ3v) is 5.48. The fourth-order valence-corrected chi connectivity index (χ4v) is 3.52. The van der Waals surface area contributed by atoms with Crippen LogP contribution in [0.1, 0.15) is 53.8 Å². The van der Waals surface area contributed by atoms with Crippen LogP contribution < -0.4 is 10.1 Å². The number of alkyl halides is 3. The van der Waals surface area contributed by atoms with Gasteiger partial charge in [0.1, 0.15) is 18.1 Å². The Kier molecular flexibility index (Phi) is 6.92. The molecule has 0 aliphatic heterocycles. The Morgan fingerprint density at radius 1 is 1.03 bits per heavy atom. The average molecular weight is 498 g/mol. The molecule has 9 heteroatoms. The van der Waals surface area contributed by atoms with Gasteiger partial charge in [-0.05, 0) is 52.9 Å². The normalized spacial score (nSPS) is 11.9. The quantitative estimate of drug-likeness (QED) is 0.310. The molecular formula is C27H26F3N3O3. The minimum absolute atomic E-state index is 0.0521. The number of furan rings is 1. The molecule has 0 saturated heterocycles. The summed E-state index contributed by atoms with van der Waals surface area (Å²) in [6, 6.07) is 16.1. The summed E-state index contributed by atoms with van der Waals surface area (Å²) >= 11 is 0. The molecule has 4 aromatic rings. The summed E-state index contributed by atoms with van der Waals surface area (Å²) in [6.07, 6.45) is -1.46. The second-order valence-electron chi connectivity index (χ2n) is 9.41. The van der Waals surface area contributed by atoms with Gasteiger partial charge in [-0.2, -0.15) is 18.3 Å². The van der Waals surface area contributed by atoms with Gasteiger partial charge in [-0.1, -0.05) is 45.0 Å². The molecule has 2 heterocycles. The highest BCUT2D eigenvalue weighted by atomic mass is 19.4.